The SMILES string of the molecule is CC(C)(C)OC(=O)c1oc(=O)cc(-c2ccccc2)c1-c1c(Cl)cccc1[N+](=O)[O-]. The first-order valence-corrected chi connectivity index (χ1v) is 9.36. The van der Waals surface area contributed by atoms with Gasteiger partial charge in [0, 0.05) is 23.3 Å². The average molecular weight is 428 g/mol. The van der Waals surface area contributed by atoms with E-state index in [0.717, 1.165) is 0 Å². The molecule has 1 aromatic heterocycles. The Balaban J connectivity index is 2.45. The molecule has 2 aromatic carbocycles. The number of esters is 1. The van der Waals surface area contributed by atoms with Gasteiger partial charge in [0.25, 0.3) is 5.69 Å². The van der Waals surface area contributed by atoms with Crippen LogP contribution < -0.4 is 5.63 Å². The lowest BCUT2D eigenvalue weighted by Gasteiger charge is -2.21. The standard InChI is InChI=1S/C22H18ClNO6/c1-22(2,3)30-21(26)20-18(19-15(23)10-7-11-16(19)24(27)28)14(12-17(25)29-20)13-8-5-4-6-9-13/h4-12H,1-3H3. The van der Waals surface area contributed by atoms with Crippen LogP contribution in [-0.4, -0.2) is 16.5 Å². The minimum atomic E-state index is -0.929. The van der Waals surface area contributed by atoms with E-state index >= 15 is 0 Å². The summed E-state index contributed by atoms with van der Waals surface area (Å²) in [7, 11) is 0. The third-order valence-electron chi connectivity index (χ3n) is 4.07. The Morgan fingerprint density at radius 2 is 1.73 bits per heavy atom. The van der Waals surface area contributed by atoms with Gasteiger partial charge in [-0.15, -0.1) is 0 Å². The van der Waals surface area contributed by atoms with Gasteiger partial charge in [0.05, 0.1) is 15.5 Å². The number of benzene rings is 2. The maximum atomic E-state index is 12.9. The number of nitro groups is 1. The number of halogens is 1. The topological polar surface area (TPSA) is 99.7 Å². The molecule has 0 N–H and O–H groups in total. The number of hydrogen-bond acceptors (Lipinski definition) is 6. The summed E-state index contributed by atoms with van der Waals surface area (Å²) in [4.78, 5) is 36.3. The Labute approximate surface area is 177 Å². The molecule has 1 heterocycles. The highest BCUT2D eigenvalue weighted by molar-refractivity contribution is 6.34. The summed E-state index contributed by atoms with van der Waals surface area (Å²) in [6.07, 6.45) is 0. The summed E-state index contributed by atoms with van der Waals surface area (Å²) in [5.41, 5.74) is -1.21. The van der Waals surface area contributed by atoms with Crippen LogP contribution in [0, 0.1) is 10.1 Å². The van der Waals surface area contributed by atoms with Crippen molar-refractivity contribution >= 4 is 23.3 Å². The summed E-state index contributed by atoms with van der Waals surface area (Å²) in [5.74, 6) is -1.38. The van der Waals surface area contributed by atoms with Gasteiger partial charge in [-0.25, -0.2) is 9.59 Å². The van der Waals surface area contributed by atoms with Crippen molar-refractivity contribution in [3.8, 4) is 22.3 Å². The zero-order valence-electron chi connectivity index (χ0n) is 16.5. The van der Waals surface area contributed by atoms with Gasteiger partial charge >= 0.3 is 11.6 Å². The smallest absolute Gasteiger partial charge is 0.375 e. The number of nitro benzene ring substituents is 1. The molecule has 0 unspecified atom stereocenters. The summed E-state index contributed by atoms with van der Waals surface area (Å²) in [5, 5.41) is 11.7. The molecule has 3 rings (SSSR count). The van der Waals surface area contributed by atoms with Crippen molar-refractivity contribution < 1.29 is 18.9 Å². The average Bonchev–Trinajstić information content (AvgIpc) is 2.67. The van der Waals surface area contributed by atoms with Crippen LogP contribution >= 0.6 is 11.6 Å². The monoisotopic (exact) mass is 427 g/mol. The van der Waals surface area contributed by atoms with Crippen LogP contribution in [0.1, 0.15) is 31.3 Å². The van der Waals surface area contributed by atoms with E-state index in [-0.39, 0.29) is 27.4 Å². The van der Waals surface area contributed by atoms with Gasteiger partial charge < -0.3 is 9.15 Å². The minimum Gasteiger partial charge on any atom is -0.454 e. The first-order valence-electron chi connectivity index (χ1n) is 8.98. The molecule has 0 fully saturated rings. The minimum absolute atomic E-state index is 0.0207. The molecule has 0 atom stereocenters. The van der Waals surface area contributed by atoms with E-state index in [9.17, 15) is 19.7 Å². The van der Waals surface area contributed by atoms with Gasteiger partial charge in [0.15, 0.2) is 0 Å². The fourth-order valence-corrected chi connectivity index (χ4v) is 3.23. The Kier molecular flexibility index (Phi) is 5.75. The van der Waals surface area contributed by atoms with Crippen LogP contribution in [0.25, 0.3) is 22.3 Å². The van der Waals surface area contributed by atoms with E-state index in [0.29, 0.717) is 5.56 Å². The highest BCUT2D eigenvalue weighted by atomic mass is 35.5. The van der Waals surface area contributed by atoms with Gasteiger partial charge in [0.2, 0.25) is 5.76 Å². The molecule has 0 amide bonds. The first-order chi connectivity index (χ1) is 14.1. The van der Waals surface area contributed by atoms with Crippen LogP contribution in [0.4, 0.5) is 5.69 Å². The second-order valence-corrected chi connectivity index (χ2v) is 7.85. The van der Waals surface area contributed by atoms with Crippen LogP contribution in [0.3, 0.4) is 0 Å². The predicted octanol–water partition coefficient (Wildman–Crippen LogP) is 5.49. The second-order valence-electron chi connectivity index (χ2n) is 7.44. The van der Waals surface area contributed by atoms with Gasteiger partial charge in [-0.2, -0.15) is 0 Å². The van der Waals surface area contributed by atoms with E-state index in [2.05, 4.69) is 0 Å². The van der Waals surface area contributed by atoms with E-state index in [1.807, 2.05) is 0 Å². The molecule has 7 nitrogen and oxygen atoms in total. The lowest BCUT2D eigenvalue weighted by molar-refractivity contribution is -0.384. The first kappa shape index (κ1) is 21.3. The number of rotatable bonds is 4. The molecule has 0 saturated carbocycles. The third kappa shape index (κ3) is 4.41. The molecule has 0 aliphatic carbocycles. The van der Waals surface area contributed by atoms with Gasteiger partial charge in [-0.1, -0.05) is 48.0 Å². The van der Waals surface area contributed by atoms with Gasteiger partial charge in [-0.3, -0.25) is 10.1 Å². The van der Waals surface area contributed by atoms with E-state index in [1.165, 1.54) is 24.3 Å². The largest absolute Gasteiger partial charge is 0.454 e. The van der Waals surface area contributed by atoms with Crippen LogP contribution in [-0.2, 0) is 4.74 Å². The molecular weight excluding hydrogens is 410 g/mol. The summed E-state index contributed by atoms with van der Waals surface area (Å²) in [6, 6.07) is 14.0. The quantitative estimate of drug-likeness (QED) is 0.310. The van der Waals surface area contributed by atoms with Crippen LogP contribution in [0.5, 0.6) is 0 Å². The third-order valence-corrected chi connectivity index (χ3v) is 4.38. The molecule has 8 heteroatoms. The second kappa shape index (κ2) is 8.12. The maximum absolute atomic E-state index is 12.9. The van der Waals surface area contributed by atoms with Crippen LogP contribution in [0.15, 0.2) is 63.8 Å². The normalized spacial score (nSPS) is 11.2. The van der Waals surface area contributed by atoms with Crippen molar-refractivity contribution in [1.82, 2.24) is 0 Å². The number of hydrogen-bond donors (Lipinski definition) is 0. The number of carbonyl (C=O) groups excluding carboxylic acids is 1. The zero-order chi connectivity index (χ0) is 22.1. The zero-order valence-corrected chi connectivity index (χ0v) is 17.2. The number of carbonyl (C=O) groups is 1. The fourth-order valence-electron chi connectivity index (χ4n) is 2.97. The molecule has 0 aliphatic heterocycles. The number of ether oxygens (including phenoxy) is 1. The molecule has 154 valence electrons. The molecule has 0 spiro atoms. The van der Waals surface area contributed by atoms with Crippen LogP contribution in [0.2, 0.25) is 5.02 Å². The van der Waals surface area contributed by atoms with Gasteiger partial charge in [-0.05, 0) is 32.4 Å². The molecule has 0 saturated heterocycles. The summed E-state index contributed by atoms with van der Waals surface area (Å²) >= 11 is 6.34. The Hall–Kier alpha value is -3.45. The predicted molar refractivity (Wildman–Crippen MR) is 113 cm³/mol. The van der Waals surface area contributed by atoms with E-state index < -0.39 is 27.9 Å². The lowest BCUT2D eigenvalue weighted by atomic mass is 9.93. The van der Waals surface area contributed by atoms with Crippen molar-refractivity contribution in [3.63, 3.8) is 0 Å². The Morgan fingerprint density at radius 1 is 1.07 bits per heavy atom. The van der Waals surface area contributed by atoms with E-state index in [1.54, 1.807) is 51.1 Å². The molecule has 0 radical (unpaired) electrons. The Morgan fingerprint density at radius 3 is 2.33 bits per heavy atom. The number of nitrogens with zero attached hydrogens (tertiary/aromatic N) is 1. The van der Waals surface area contributed by atoms with Crippen molar-refractivity contribution in [2.24, 2.45) is 0 Å². The van der Waals surface area contributed by atoms with Crippen molar-refractivity contribution in [1.29, 1.82) is 0 Å². The molecule has 3 aromatic rings. The van der Waals surface area contributed by atoms with Crippen molar-refractivity contribution in [2.45, 2.75) is 26.4 Å². The Bertz CT molecular complexity index is 1180. The summed E-state index contributed by atoms with van der Waals surface area (Å²) < 4.78 is 10.6. The molecule has 30 heavy (non-hydrogen) atoms. The highest BCUT2D eigenvalue weighted by Crippen LogP contribution is 2.43. The molecule has 0 aliphatic rings. The van der Waals surface area contributed by atoms with Crippen molar-refractivity contribution in [2.75, 3.05) is 0 Å². The fraction of sp³-hybridized carbons (Fsp3) is 0.182. The molecule has 0 bridgehead atoms. The molecular formula is C22H18ClNO6. The maximum Gasteiger partial charge on any atom is 0.375 e. The highest BCUT2D eigenvalue weighted by Gasteiger charge is 2.31. The summed E-state index contributed by atoms with van der Waals surface area (Å²) in [6.45, 7) is 4.96. The lowest BCUT2D eigenvalue weighted by Crippen LogP contribution is -2.25. The van der Waals surface area contributed by atoms with Crippen molar-refractivity contribution in [3.05, 3.63) is 85.9 Å². The van der Waals surface area contributed by atoms with E-state index in [4.69, 9.17) is 20.8 Å². The van der Waals surface area contributed by atoms with Gasteiger partial charge in [0.1, 0.15) is 5.60 Å².